The molecule has 0 bridgehead atoms. The van der Waals surface area contributed by atoms with E-state index in [1.807, 2.05) is 0 Å². The van der Waals surface area contributed by atoms with Gasteiger partial charge in [-0.05, 0) is 23.3 Å². The molecule has 1 saturated heterocycles. The fourth-order valence-corrected chi connectivity index (χ4v) is 3.98. The smallest absolute Gasteiger partial charge is 0.324 e. The third kappa shape index (κ3) is 5.35. The van der Waals surface area contributed by atoms with E-state index in [4.69, 9.17) is 11.1 Å². The number of nitrogens with zero attached hydrogens (tertiary/aromatic N) is 2. The molecule has 2 aromatic carbocycles. The Balaban J connectivity index is 1.91. The summed E-state index contributed by atoms with van der Waals surface area (Å²) in [6, 6.07) is 11.8. The maximum Gasteiger partial charge on any atom is 0.324 e. The van der Waals surface area contributed by atoms with Crippen molar-refractivity contribution in [3.05, 3.63) is 48.0 Å². The van der Waals surface area contributed by atoms with Gasteiger partial charge in [0, 0.05) is 25.2 Å². The normalized spacial score (nSPS) is 13.9. The number of hydrogen-bond acceptors (Lipinski definition) is 6. The Bertz CT molecular complexity index is 1150. The first-order valence-electron chi connectivity index (χ1n) is 9.79. The molecule has 170 valence electrons. The Morgan fingerprint density at radius 1 is 1.16 bits per heavy atom. The molecule has 0 spiro atoms. The molecule has 3 rings (SSSR count). The number of amides is 2. The van der Waals surface area contributed by atoms with E-state index >= 15 is 0 Å². The van der Waals surface area contributed by atoms with E-state index in [0.29, 0.717) is 24.3 Å². The number of nitrogens with two attached hydrogens (primary N) is 1. The minimum atomic E-state index is -3.61. The van der Waals surface area contributed by atoms with Gasteiger partial charge in [-0.2, -0.15) is 0 Å². The molecule has 4 N–H and O–H groups in total. The lowest BCUT2D eigenvalue weighted by Crippen LogP contribution is -2.33. The third-order valence-electron chi connectivity index (χ3n) is 5.02. The van der Waals surface area contributed by atoms with E-state index in [-0.39, 0.29) is 30.5 Å². The van der Waals surface area contributed by atoms with Gasteiger partial charge in [-0.1, -0.05) is 30.3 Å². The Morgan fingerprint density at radius 2 is 1.81 bits per heavy atom. The molecule has 1 aliphatic rings. The van der Waals surface area contributed by atoms with Crippen molar-refractivity contribution in [1.29, 1.82) is 5.41 Å². The lowest BCUT2D eigenvalue weighted by molar-refractivity contribution is -0.140. The van der Waals surface area contributed by atoms with Crippen LogP contribution in [0.15, 0.2) is 42.5 Å². The molecule has 0 aromatic heterocycles. The SMILES string of the molecule is COC(=O)CCN1CCN(c2ccc(-c3ccc(C(=N)N)cc3)cc2NS(C)(=O)=O)C1=O. The van der Waals surface area contributed by atoms with Gasteiger partial charge in [0.15, 0.2) is 0 Å². The Labute approximate surface area is 186 Å². The molecule has 2 aromatic rings. The molecule has 1 aliphatic heterocycles. The summed E-state index contributed by atoms with van der Waals surface area (Å²) in [5, 5.41) is 7.50. The predicted octanol–water partition coefficient (Wildman–Crippen LogP) is 1.81. The van der Waals surface area contributed by atoms with Gasteiger partial charge in [0.1, 0.15) is 5.84 Å². The summed E-state index contributed by atoms with van der Waals surface area (Å²) in [5.74, 6) is -0.452. The molecule has 0 aliphatic carbocycles. The Hall–Kier alpha value is -3.60. The second-order valence-corrected chi connectivity index (χ2v) is 9.09. The highest BCUT2D eigenvalue weighted by atomic mass is 32.2. The third-order valence-corrected chi connectivity index (χ3v) is 5.61. The number of esters is 1. The van der Waals surface area contributed by atoms with E-state index in [2.05, 4.69) is 9.46 Å². The summed E-state index contributed by atoms with van der Waals surface area (Å²) in [6.07, 6.45) is 1.12. The van der Waals surface area contributed by atoms with Crippen LogP contribution in [0.4, 0.5) is 16.2 Å². The van der Waals surface area contributed by atoms with Gasteiger partial charge in [0.2, 0.25) is 10.0 Å². The van der Waals surface area contributed by atoms with E-state index in [9.17, 15) is 18.0 Å². The number of carbonyl (C=O) groups is 2. The maximum atomic E-state index is 12.9. The largest absolute Gasteiger partial charge is 0.469 e. The van der Waals surface area contributed by atoms with Gasteiger partial charge in [-0.3, -0.25) is 19.8 Å². The maximum absolute atomic E-state index is 12.9. The van der Waals surface area contributed by atoms with Gasteiger partial charge in [-0.25, -0.2) is 13.2 Å². The first kappa shape index (κ1) is 23.1. The monoisotopic (exact) mass is 459 g/mol. The topological polar surface area (TPSA) is 146 Å². The number of rotatable bonds is 8. The highest BCUT2D eigenvalue weighted by molar-refractivity contribution is 7.92. The zero-order valence-corrected chi connectivity index (χ0v) is 18.6. The zero-order chi connectivity index (χ0) is 23.5. The number of urea groups is 1. The number of ether oxygens (including phenoxy) is 1. The molecule has 0 atom stereocenters. The number of carbonyl (C=O) groups excluding carboxylic acids is 2. The molecular formula is C21H25N5O5S. The van der Waals surface area contributed by atoms with Crippen LogP contribution in [0, 0.1) is 5.41 Å². The van der Waals surface area contributed by atoms with Crippen molar-refractivity contribution < 1.29 is 22.7 Å². The summed E-state index contributed by atoms with van der Waals surface area (Å²) in [7, 11) is -2.32. The minimum Gasteiger partial charge on any atom is -0.469 e. The summed E-state index contributed by atoms with van der Waals surface area (Å²) < 4.78 is 31.1. The highest BCUT2D eigenvalue weighted by Crippen LogP contribution is 2.34. The molecule has 2 amide bonds. The van der Waals surface area contributed by atoms with E-state index in [1.165, 1.54) is 16.9 Å². The van der Waals surface area contributed by atoms with Crippen molar-refractivity contribution in [2.75, 3.05) is 42.6 Å². The Morgan fingerprint density at radius 3 is 2.41 bits per heavy atom. The summed E-state index contributed by atoms with van der Waals surface area (Å²) in [6.45, 7) is 0.977. The van der Waals surface area contributed by atoms with Gasteiger partial charge >= 0.3 is 12.0 Å². The fraction of sp³-hybridized carbons (Fsp3) is 0.286. The van der Waals surface area contributed by atoms with Crippen LogP contribution >= 0.6 is 0 Å². The van der Waals surface area contributed by atoms with Crippen LogP contribution in [0.5, 0.6) is 0 Å². The van der Waals surface area contributed by atoms with Gasteiger partial charge in [-0.15, -0.1) is 0 Å². The quantitative estimate of drug-likeness (QED) is 0.312. The average Bonchev–Trinajstić information content (AvgIpc) is 3.11. The molecule has 0 unspecified atom stereocenters. The van der Waals surface area contributed by atoms with Crippen LogP contribution in [0.1, 0.15) is 12.0 Å². The van der Waals surface area contributed by atoms with Crippen LogP contribution in [0.25, 0.3) is 11.1 Å². The van der Waals surface area contributed by atoms with E-state index in [1.54, 1.807) is 42.5 Å². The highest BCUT2D eigenvalue weighted by Gasteiger charge is 2.31. The van der Waals surface area contributed by atoms with Gasteiger partial charge in [0.05, 0.1) is 31.2 Å². The summed E-state index contributed by atoms with van der Waals surface area (Å²) >= 11 is 0. The van der Waals surface area contributed by atoms with Crippen molar-refractivity contribution in [3.8, 4) is 11.1 Å². The van der Waals surface area contributed by atoms with Crippen LogP contribution in [0.3, 0.4) is 0 Å². The number of anilines is 2. The summed E-state index contributed by atoms with van der Waals surface area (Å²) in [4.78, 5) is 27.3. The van der Waals surface area contributed by atoms with Crippen LogP contribution in [0.2, 0.25) is 0 Å². The lowest BCUT2D eigenvalue weighted by Gasteiger charge is -2.22. The Kier molecular flexibility index (Phi) is 6.68. The molecular weight excluding hydrogens is 434 g/mol. The lowest BCUT2D eigenvalue weighted by atomic mass is 10.0. The number of methoxy groups -OCH3 is 1. The van der Waals surface area contributed by atoms with Gasteiger partial charge < -0.3 is 15.4 Å². The average molecular weight is 460 g/mol. The molecule has 1 fully saturated rings. The van der Waals surface area contributed by atoms with Crippen molar-refractivity contribution in [1.82, 2.24) is 4.90 Å². The van der Waals surface area contributed by atoms with Crippen LogP contribution < -0.4 is 15.4 Å². The number of hydrogen-bond donors (Lipinski definition) is 3. The molecule has 1 heterocycles. The number of nitrogens with one attached hydrogen (secondary N) is 2. The van der Waals surface area contributed by atoms with Crippen molar-refractivity contribution in [2.45, 2.75) is 6.42 Å². The number of sulfonamides is 1. The minimum absolute atomic E-state index is 0.0457. The van der Waals surface area contributed by atoms with Gasteiger partial charge in [0.25, 0.3) is 0 Å². The zero-order valence-electron chi connectivity index (χ0n) is 17.8. The van der Waals surface area contributed by atoms with Crippen molar-refractivity contribution >= 4 is 39.2 Å². The second-order valence-electron chi connectivity index (χ2n) is 7.34. The van der Waals surface area contributed by atoms with Crippen LogP contribution in [-0.4, -0.2) is 64.2 Å². The number of benzene rings is 2. The molecule has 32 heavy (non-hydrogen) atoms. The molecule has 10 nitrogen and oxygen atoms in total. The second kappa shape index (κ2) is 9.27. The predicted molar refractivity (Wildman–Crippen MR) is 122 cm³/mol. The summed E-state index contributed by atoms with van der Waals surface area (Å²) in [5.41, 5.74) is 8.29. The van der Waals surface area contributed by atoms with Crippen LogP contribution in [-0.2, 0) is 19.6 Å². The standard InChI is InChI=1S/C21H25N5O5S/c1-31-19(27)9-10-25-11-12-26(21(25)28)18-8-7-16(13-17(18)24-32(2,29)30)14-3-5-15(6-4-14)20(22)23/h3-8,13,24H,9-12H2,1-2H3,(H3,22,23). The van der Waals surface area contributed by atoms with Crippen molar-refractivity contribution in [2.24, 2.45) is 5.73 Å². The molecule has 11 heteroatoms. The number of nitrogen functional groups attached to an aromatic ring is 1. The first-order chi connectivity index (χ1) is 15.1. The fourth-order valence-electron chi connectivity index (χ4n) is 3.42. The first-order valence-corrected chi connectivity index (χ1v) is 11.7. The van der Waals surface area contributed by atoms with E-state index in [0.717, 1.165) is 17.4 Å². The molecule has 0 saturated carbocycles. The molecule has 0 radical (unpaired) electrons. The van der Waals surface area contributed by atoms with Crippen molar-refractivity contribution in [3.63, 3.8) is 0 Å². The van der Waals surface area contributed by atoms with E-state index < -0.39 is 16.0 Å². The number of amidine groups is 1.